The number of amides is 2. The first-order valence-corrected chi connectivity index (χ1v) is 8.84. The van der Waals surface area contributed by atoms with Crippen LogP contribution in [0.2, 0.25) is 5.02 Å². The van der Waals surface area contributed by atoms with Gasteiger partial charge in [-0.3, -0.25) is 9.59 Å². The molecule has 0 aliphatic carbocycles. The monoisotopic (exact) mass is 391 g/mol. The summed E-state index contributed by atoms with van der Waals surface area (Å²) in [5, 5.41) is 18.9. The summed E-state index contributed by atoms with van der Waals surface area (Å²) < 4.78 is 1.11. The van der Waals surface area contributed by atoms with Crippen molar-refractivity contribution in [3.05, 3.63) is 40.7 Å². The van der Waals surface area contributed by atoms with E-state index in [-0.39, 0.29) is 18.1 Å². The van der Waals surface area contributed by atoms with Crippen molar-refractivity contribution in [2.45, 2.75) is 25.8 Å². The highest BCUT2D eigenvalue weighted by Gasteiger charge is 2.22. The molecule has 3 rings (SSSR count). The Hall–Kier alpha value is -2.94. The summed E-state index contributed by atoms with van der Waals surface area (Å²) in [4.78, 5) is 37.7. The Morgan fingerprint density at radius 3 is 2.59 bits per heavy atom. The second-order valence-corrected chi connectivity index (χ2v) is 6.63. The SMILES string of the molecule is O=C(Cn1cc(C(=O)O)nn1)Nc1cc(Cl)ccc1C(=O)N1CCCCC1. The number of piperidine rings is 1. The summed E-state index contributed by atoms with van der Waals surface area (Å²) in [6.07, 6.45) is 4.17. The number of benzene rings is 1. The first-order chi connectivity index (χ1) is 12.9. The molecule has 10 heteroatoms. The number of nitrogens with zero attached hydrogens (tertiary/aromatic N) is 4. The number of rotatable bonds is 5. The first kappa shape index (κ1) is 18.8. The fourth-order valence-corrected chi connectivity index (χ4v) is 3.06. The molecule has 2 heterocycles. The van der Waals surface area contributed by atoms with Crippen LogP contribution in [-0.4, -0.2) is 55.9 Å². The molecule has 2 N–H and O–H groups in total. The molecule has 1 aromatic heterocycles. The Kier molecular flexibility index (Phi) is 5.70. The number of hydrogen-bond acceptors (Lipinski definition) is 5. The van der Waals surface area contributed by atoms with Gasteiger partial charge in [-0.15, -0.1) is 5.10 Å². The van der Waals surface area contributed by atoms with E-state index in [1.54, 1.807) is 17.0 Å². The molecule has 0 bridgehead atoms. The van der Waals surface area contributed by atoms with Gasteiger partial charge in [-0.05, 0) is 37.5 Å². The van der Waals surface area contributed by atoms with Crippen molar-refractivity contribution in [2.75, 3.05) is 18.4 Å². The zero-order valence-corrected chi connectivity index (χ0v) is 15.1. The van der Waals surface area contributed by atoms with Gasteiger partial charge < -0.3 is 15.3 Å². The van der Waals surface area contributed by atoms with Gasteiger partial charge in [-0.1, -0.05) is 16.8 Å². The molecule has 142 valence electrons. The molecule has 1 aliphatic heterocycles. The standard InChI is InChI=1S/C17H18ClN5O4/c18-11-4-5-12(16(25)22-6-2-1-3-7-22)13(8-11)19-15(24)10-23-9-14(17(26)27)20-21-23/h4-5,8-9H,1-3,6-7,10H2,(H,19,24)(H,26,27). The average Bonchev–Trinajstić information content (AvgIpc) is 3.11. The van der Waals surface area contributed by atoms with Gasteiger partial charge >= 0.3 is 5.97 Å². The van der Waals surface area contributed by atoms with E-state index >= 15 is 0 Å². The highest BCUT2D eigenvalue weighted by atomic mass is 35.5. The minimum atomic E-state index is -1.23. The van der Waals surface area contributed by atoms with Gasteiger partial charge in [0.25, 0.3) is 5.91 Å². The van der Waals surface area contributed by atoms with Crippen LogP contribution in [0.4, 0.5) is 5.69 Å². The van der Waals surface area contributed by atoms with Crippen molar-refractivity contribution in [1.82, 2.24) is 19.9 Å². The number of hydrogen-bond donors (Lipinski definition) is 2. The average molecular weight is 392 g/mol. The lowest BCUT2D eigenvalue weighted by Gasteiger charge is -2.27. The second-order valence-electron chi connectivity index (χ2n) is 6.20. The maximum atomic E-state index is 12.8. The normalized spacial score (nSPS) is 14.0. The summed E-state index contributed by atoms with van der Waals surface area (Å²) in [5.74, 6) is -1.87. The molecular weight excluding hydrogens is 374 g/mol. The molecule has 0 atom stereocenters. The number of carbonyl (C=O) groups excluding carboxylic acids is 2. The summed E-state index contributed by atoms with van der Waals surface area (Å²) >= 11 is 6.02. The van der Waals surface area contributed by atoms with Crippen molar-refractivity contribution >= 4 is 35.1 Å². The van der Waals surface area contributed by atoms with Gasteiger partial charge in [0.15, 0.2) is 5.69 Å². The van der Waals surface area contributed by atoms with Crippen LogP contribution >= 0.6 is 11.6 Å². The van der Waals surface area contributed by atoms with Crippen LogP contribution in [0, 0.1) is 0 Å². The summed E-state index contributed by atoms with van der Waals surface area (Å²) in [7, 11) is 0. The maximum absolute atomic E-state index is 12.8. The number of halogens is 1. The minimum absolute atomic E-state index is 0.157. The molecule has 1 saturated heterocycles. The minimum Gasteiger partial charge on any atom is -0.476 e. The molecule has 1 aliphatic rings. The lowest BCUT2D eigenvalue weighted by atomic mass is 10.1. The Morgan fingerprint density at radius 2 is 1.93 bits per heavy atom. The van der Waals surface area contributed by atoms with Gasteiger partial charge in [-0.2, -0.15) is 0 Å². The third-order valence-electron chi connectivity index (χ3n) is 4.19. The Labute approximate surface area is 159 Å². The molecule has 9 nitrogen and oxygen atoms in total. The van der Waals surface area contributed by atoms with Crippen molar-refractivity contribution in [2.24, 2.45) is 0 Å². The van der Waals surface area contributed by atoms with Crippen LogP contribution in [0.15, 0.2) is 24.4 Å². The topological polar surface area (TPSA) is 117 Å². The Balaban J connectivity index is 1.74. The van der Waals surface area contributed by atoms with Gasteiger partial charge in [-0.25, -0.2) is 9.48 Å². The van der Waals surface area contributed by atoms with Crippen molar-refractivity contribution < 1.29 is 19.5 Å². The molecule has 1 aromatic carbocycles. The van der Waals surface area contributed by atoms with Crippen LogP contribution in [0.1, 0.15) is 40.1 Å². The van der Waals surface area contributed by atoms with E-state index in [4.69, 9.17) is 16.7 Å². The smallest absolute Gasteiger partial charge is 0.358 e. The van der Waals surface area contributed by atoms with Crippen LogP contribution in [0.5, 0.6) is 0 Å². The number of aromatic nitrogens is 3. The van der Waals surface area contributed by atoms with E-state index in [1.165, 1.54) is 6.07 Å². The van der Waals surface area contributed by atoms with E-state index in [2.05, 4.69) is 15.6 Å². The number of carboxylic acid groups (broad SMARTS) is 1. The van der Waals surface area contributed by atoms with E-state index in [1.807, 2.05) is 0 Å². The first-order valence-electron chi connectivity index (χ1n) is 8.46. The van der Waals surface area contributed by atoms with Gasteiger partial charge in [0.1, 0.15) is 6.54 Å². The highest BCUT2D eigenvalue weighted by molar-refractivity contribution is 6.31. The van der Waals surface area contributed by atoms with Gasteiger partial charge in [0.05, 0.1) is 17.4 Å². The van der Waals surface area contributed by atoms with Crippen molar-refractivity contribution in [3.8, 4) is 0 Å². The van der Waals surface area contributed by atoms with E-state index < -0.39 is 11.9 Å². The molecule has 1 fully saturated rings. The number of likely N-dealkylation sites (tertiary alicyclic amines) is 1. The zero-order valence-electron chi connectivity index (χ0n) is 14.4. The molecule has 2 amide bonds. The molecule has 0 radical (unpaired) electrons. The quantitative estimate of drug-likeness (QED) is 0.803. The fraction of sp³-hybridized carbons (Fsp3) is 0.353. The van der Waals surface area contributed by atoms with Crippen LogP contribution in [0.25, 0.3) is 0 Å². The lowest BCUT2D eigenvalue weighted by Crippen LogP contribution is -2.36. The molecule has 27 heavy (non-hydrogen) atoms. The van der Waals surface area contributed by atoms with Gasteiger partial charge in [0.2, 0.25) is 5.91 Å². The molecule has 0 unspecified atom stereocenters. The summed E-state index contributed by atoms with van der Waals surface area (Å²) in [6.45, 7) is 1.13. The molecule has 0 saturated carbocycles. The fourth-order valence-electron chi connectivity index (χ4n) is 2.88. The number of carboxylic acids is 1. The lowest BCUT2D eigenvalue weighted by molar-refractivity contribution is -0.116. The van der Waals surface area contributed by atoms with Crippen molar-refractivity contribution in [3.63, 3.8) is 0 Å². The third-order valence-corrected chi connectivity index (χ3v) is 4.43. The predicted octanol–water partition coefficient (Wildman–Crippen LogP) is 1.89. The van der Waals surface area contributed by atoms with E-state index in [9.17, 15) is 14.4 Å². The molecule has 0 spiro atoms. The number of carbonyl (C=O) groups is 3. The van der Waals surface area contributed by atoms with Crippen LogP contribution in [0.3, 0.4) is 0 Å². The number of nitrogens with one attached hydrogen (secondary N) is 1. The van der Waals surface area contributed by atoms with Crippen LogP contribution in [-0.2, 0) is 11.3 Å². The second kappa shape index (κ2) is 8.17. The Morgan fingerprint density at radius 1 is 1.19 bits per heavy atom. The number of aromatic carboxylic acids is 1. The zero-order chi connectivity index (χ0) is 19.4. The largest absolute Gasteiger partial charge is 0.476 e. The number of anilines is 1. The molecule has 2 aromatic rings. The summed E-state index contributed by atoms with van der Waals surface area (Å²) in [6, 6.07) is 4.71. The summed E-state index contributed by atoms with van der Waals surface area (Å²) in [5.41, 5.74) is 0.410. The highest BCUT2D eigenvalue weighted by Crippen LogP contribution is 2.24. The molecular formula is C17H18ClN5O4. The van der Waals surface area contributed by atoms with E-state index in [0.29, 0.717) is 29.4 Å². The van der Waals surface area contributed by atoms with Crippen LogP contribution < -0.4 is 5.32 Å². The van der Waals surface area contributed by atoms with E-state index in [0.717, 1.165) is 30.1 Å². The third kappa shape index (κ3) is 4.62. The predicted molar refractivity (Wildman–Crippen MR) is 96.8 cm³/mol. The Bertz CT molecular complexity index is 876. The maximum Gasteiger partial charge on any atom is 0.358 e. The van der Waals surface area contributed by atoms with Crippen molar-refractivity contribution in [1.29, 1.82) is 0 Å². The van der Waals surface area contributed by atoms with Gasteiger partial charge in [0, 0.05) is 18.1 Å².